The molecule has 0 bridgehead atoms. The normalized spacial score (nSPS) is 10.9. The van der Waals surface area contributed by atoms with Crippen molar-refractivity contribution in [3.63, 3.8) is 0 Å². The van der Waals surface area contributed by atoms with E-state index < -0.39 is 0 Å². The maximum Gasteiger partial charge on any atom is 0.260 e. The second kappa shape index (κ2) is 5.51. The zero-order chi connectivity index (χ0) is 14.1. The molecule has 8 heteroatoms. The minimum absolute atomic E-state index is 0.260. The van der Waals surface area contributed by atoms with Crippen LogP contribution in [-0.4, -0.2) is 19.9 Å². The van der Waals surface area contributed by atoms with Crippen molar-refractivity contribution in [2.45, 2.75) is 9.92 Å². The van der Waals surface area contributed by atoms with Crippen LogP contribution in [0.2, 0.25) is 5.02 Å². The van der Waals surface area contributed by atoms with Crippen LogP contribution in [-0.2, 0) is 0 Å². The molecular weight excluding hydrogens is 364 g/mol. The van der Waals surface area contributed by atoms with Crippen molar-refractivity contribution in [1.29, 1.82) is 0 Å². The van der Waals surface area contributed by atoms with Gasteiger partial charge in [0.1, 0.15) is 9.63 Å². The predicted molar refractivity (Wildman–Crippen MR) is 81.2 cm³/mol. The van der Waals surface area contributed by atoms with E-state index in [0.717, 1.165) is 4.90 Å². The van der Waals surface area contributed by atoms with Crippen molar-refractivity contribution < 1.29 is 0 Å². The Bertz CT molecular complexity index is 837. The van der Waals surface area contributed by atoms with Crippen LogP contribution in [0.1, 0.15) is 0 Å². The van der Waals surface area contributed by atoms with Gasteiger partial charge >= 0.3 is 0 Å². The van der Waals surface area contributed by atoms with Crippen LogP contribution in [0.3, 0.4) is 0 Å². The Morgan fingerprint density at radius 2 is 2.05 bits per heavy atom. The van der Waals surface area contributed by atoms with Crippen molar-refractivity contribution in [3.05, 3.63) is 50.8 Å². The van der Waals surface area contributed by atoms with Gasteiger partial charge in [-0.1, -0.05) is 23.4 Å². The minimum Gasteiger partial charge on any atom is -0.313 e. The number of rotatable bonds is 2. The molecule has 5 nitrogen and oxygen atoms in total. The Kier molecular flexibility index (Phi) is 3.73. The number of benzene rings is 1. The smallest absolute Gasteiger partial charge is 0.260 e. The molecule has 2 heterocycles. The molecule has 0 radical (unpaired) electrons. The second-order valence-corrected chi connectivity index (χ2v) is 6.04. The third kappa shape index (κ3) is 2.56. The quantitative estimate of drug-likeness (QED) is 0.750. The molecule has 3 aromatic rings. The first kappa shape index (κ1) is 13.5. The lowest BCUT2D eigenvalue weighted by molar-refractivity contribution is 1.03. The van der Waals surface area contributed by atoms with Crippen molar-refractivity contribution >= 4 is 50.2 Å². The van der Waals surface area contributed by atoms with E-state index in [-0.39, 0.29) is 5.56 Å². The zero-order valence-corrected chi connectivity index (χ0v) is 13.0. The summed E-state index contributed by atoms with van der Waals surface area (Å²) in [6.45, 7) is 0. The van der Waals surface area contributed by atoms with Crippen LogP contribution in [0.25, 0.3) is 10.9 Å². The fourth-order valence-corrected chi connectivity index (χ4v) is 2.98. The van der Waals surface area contributed by atoms with Gasteiger partial charge < -0.3 is 4.98 Å². The molecule has 0 aliphatic carbocycles. The molecule has 1 N–H and O–H groups in total. The molecule has 0 saturated heterocycles. The molecule has 0 amide bonds. The highest BCUT2D eigenvalue weighted by atomic mass is 79.9. The summed E-state index contributed by atoms with van der Waals surface area (Å²) in [4.78, 5) is 27.5. The zero-order valence-electron chi connectivity index (χ0n) is 9.80. The molecule has 100 valence electrons. The minimum atomic E-state index is -0.260. The first-order valence-corrected chi connectivity index (χ1v) is 7.45. The third-order valence-electron chi connectivity index (χ3n) is 2.52. The monoisotopic (exact) mass is 368 g/mol. The number of nitrogens with zero attached hydrogens (tertiary/aromatic N) is 3. The van der Waals surface area contributed by atoms with Crippen molar-refractivity contribution in [2.24, 2.45) is 0 Å². The molecule has 0 aliphatic heterocycles. The average molecular weight is 370 g/mol. The lowest BCUT2D eigenvalue weighted by Crippen LogP contribution is -2.07. The first-order valence-electron chi connectivity index (χ1n) is 5.46. The summed E-state index contributed by atoms with van der Waals surface area (Å²) in [5.41, 5.74) is 0.300. The van der Waals surface area contributed by atoms with Gasteiger partial charge in [0.15, 0.2) is 0 Å². The fraction of sp³-hybridized carbons (Fsp3) is 0. The fourth-order valence-electron chi connectivity index (χ4n) is 1.65. The lowest BCUT2D eigenvalue weighted by atomic mass is 10.2. The van der Waals surface area contributed by atoms with Gasteiger partial charge in [-0.3, -0.25) is 4.79 Å². The van der Waals surface area contributed by atoms with Gasteiger partial charge in [0.25, 0.3) is 5.56 Å². The Morgan fingerprint density at radius 1 is 1.20 bits per heavy atom. The van der Waals surface area contributed by atoms with E-state index in [9.17, 15) is 4.79 Å². The second-order valence-electron chi connectivity index (χ2n) is 3.78. The van der Waals surface area contributed by atoms with Gasteiger partial charge in [-0.2, -0.15) is 0 Å². The number of aromatic amines is 1. The lowest BCUT2D eigenvalue weighted by Gasteiger charge is -2.05. The summed E-state index contributed by atoms with van der Waals surface area (Å²) < 4.78 is 0.659. The molecule has 3 rings (SSSR count). The highest BCUT2D eigenvalue weighted by molar-refractivity contribution is 9.10. The Morgan fingerprint density at radius 3 is 2.80 bits per heavy atom. The topological polar surface area (TPSA) is 71.5 Å². The maximum absolute atomic E-state index is 11.8. The van der Waals surface area contributed by atoms with Crippen LogP contribution in [0.5, 0.6) is 0 Å². The highest BCUT2D eigenvalue weighted by Gasteiger charge is 2.11. The number of aromatic nitrogens is 4. The Hall–Kier alpha value is -1.44. The largest absolute Gasteiger partial charge is 0.313 e. The molecule has 20 heavy (non-hydrogen) atoms. The average Bonchev–Trinajstić information content (AvgIpc) is 2.44. The number of fused-ring (bicyclic) bond motifs is 1. The van der Waals surface area contributed by atoms with E-state index in [1.54, 1.807) is 18.5 Å². The first-order chi connectivity index (χ1) is 9.65. The number of hydrogen-bond donors (Lipinski definition) is 1. The summed E-state index contributed by atoms with van der Waals surface area (Å²) in [6, 6.07) is 3.57. The summed E-state index contributed by atoms with van der Waals surface area (Å²) in [6.07, 6.45) is 4.59. The standard InChI is InChI=1S/C12H6BrClN4OS/c13-8-3-16-9(4-15-8)20-7-2-1-6-10(11(7)14)12(19)18-5-17-6/h1-5H,(H,17,18,19). The molecule has 0 fully saturated rings. The highest BCUT2D eigenvalue weighted by Crippen LogP contribution is 2.34. The molecule has 0 aliphatic rings. The molecular formula is C12H6BrClN4OS. The molecule has 0 saturated carbocycles. The van der Waals surface area contributed by atoms with Crippen LogP contribution in [0, 0.1) is 0 Å². The number of nitrogens with one attached hydrogen (secondary N) is 1. The Balaban J connectivity index is 2.08. The molecule has 1 aromatic carbocycles. The number of hydrogen-bond acceptors (Lipinski definition) is 5. The SMILES string of the molecule is O=c1[nH]cnc2ccc(Sc3cnc(Br)cn3)c(Cl)c12. The van der Waals surface area contributed by atoms with Crippen molar-refractivity contribution in [1.82, 2.24) is 19.9 Å². The molecule has 0 unspecified atom stereocenters. The van der Waals surface area contributed by atoms with Gasteiger partial charge in [0, 0.05) is 4.90 Å². The van der Waals surface area contributed by atoms with E-state index in [1.165, 1.54) is 18.1 Å². The summed E-state index contributed by atoms with van der Waals surface area (Å²) in [7, 11) is 0. The van der Waals surface area contributed by atoms with Gasteiger partial charge in [0.05, 0.1) is 34.6 Å². The van der Waals surface area contributed by atoms with Gasteiger partial charge in [0.2, 0.25) is 0 Å². The molecule has 0 spiro atoms. The van der Waals surface area contributed by atoms with Gasteiger partial charge in [-0.25, -0.2) is 15.0 Å². The summed E-state index contributed by atoms with van der Waals surface area (Å²) in [5, 5.41) is 1.44. The van der Waals surface area contributed by atoms with Crippen LogP contribution >= 0.6 is 39.3 Å². The molecule has 0 atom stereocenters. The van der Waals surface area contributed by atoms with Crippen LogP contribution in [0.4, 0.5) is 0 Å². The Labute approximate surface area is 131 Å². The van der Waals surface area contributed by atoms with E-state index in [1.807, 2.05) is 6.07 Å². The van der Waals surface area contributed by atoms with E-state index in [4.69, 9.17) is 11.6 Å². The van der Waals surface area contributed by atoms with Gasteiger partial charge in [-0.05, 0) is 28.1 Å². The maximum atomic E-state index is 11.8. The van der Waals surface area contributed by atoms with Crippen LogP contribution < -0.4 is 5.56 Å². The summed E-state index contributed by atoms with van der Waals surface area (Å²) >= 11 is 10.9. The van der Waals surface area contributed by atoms with Crippen LogP contribution in [0.15, 0.2) is 50.2 Å². The number of H-pyrrole nitrogens is 1. The van der Waals surface area contributed by atoms with E-state index in [2.05, 4.69) is 35.9 Å². The van der Waals surface area contributed by atoms with E-state index >= 15 is 0 Å². The van der Waals surface area contributed by atoms with Crippen molar-refractivity contribution in [2.75, 3.05) is 0 Å². The van der Waals surface area contributed by atoms with Gasteiger partial charge in [-0.15, -0.1) is 0 Å². The van der Waals surface area contributed by atoms with Crippen molar-refractivity contribution in [3.8, 4) is 0 Å². The summed E-state index contributed by atoms with van der Waals surface area (Å²) in [5.74, 6) is 0. The molecule has 2 aromatic heterocycles. The third-order valence-corrected chi connectivity index (χ3v) is 4.42. The van der Waals surface area contributed by atoms with E-state index in [0.29, 0.717) is 25.6 Å². The number of halogens is 2. The predicted octanol–water partition coefficient (Wildman–Crippen LogP) is 3.28.